The highest BCUT2D eigenvalue weighted by Crippen LogP contribution is 2.11. The molecule has 0 saturated heterocycles. The van der Waals surface area contributed by atoms with Gasteiger partial charge in [-0.25, -0.2) is 0 Å². The van der Waals surface area contributed by atoms with Crippen LogP contribution in [0, 0.1) is 5.92 Å². The Kier molecular flexibility index (Phi) is 6.05. The average molecular weight is 251 g/mol. The molecule has 1 rings (SSSR count). The zero-order valence-electron chi connectivity index (χ0n) is 11.7. The first-order valence-electron chi connectivity index (χ1n) is 6.78. The summed E-state index contributed by atoms with van der Waals surface area (Å²) in [5.74, 6) is 0.806. The molecule has 0 amide bonds. The van der Waals surface area contributed by atoms with Crippen molar-refractivity contribution in [2.75, 3.05) is 6.54 Å². The second-order valence-corrected chi connectivity index (χ2v) is 5.32. The van der Waals surface area contributed by atoms with Crippen molar-refractivity contribution in [2.45, 2.75) is 52.5 Å². The largest absolute Gasteiger partial charge is 0.330 e. The molecule has 0 spiro atoms. The lowest BCUT2D eigenvalue weighted by molar-refractivity contribution is -0.118. The molecule has 0 bridgehead atoms. The zero-order valence-corrected chi connectivity index (χ0v) is 11.7. The summed E-state index contributed by atoms with van der Waals surface area (Å²) in [7, 11) is 0. The molecule has 0 radical (unpaired) electrons. The Morgan fingerprint density at radius 3 is 2.67 bits per heavy atom. The standard InChI is InChI=1S/C14H25N3O/c1-11(2)17-9-7-13(16-17)10-14(18)5-4-12(3)6-8-15/h7,9,11-12H,4-6,8,10,15H2,1-3H3. The first-order chi connectivity index (χ1) is 8.52. The smallest absolute Gasteiger partial charge is 0.138 e. The maximum Gasteiger partial charge on any atom is 0.138 e. The van der Waals surface area contributed by atoms with E-state index in [2.05, 4.69) is 25.9 Å². The van der Waals surface area contributed by atoms with Crippen molar-refractivity contribution >= 4 is 5.78 Å². The van der Waals surface area contributed by atoms with Crippen LogP contribution in [0.3, 0.4) is 0 Å². The fourth-order valence-corrected chi connectivity index (χ4v) is 1.89. The summed E-state index contributed by atoms with van der Waals surface area (Å²) >= 11 is 0. The van der Waals surface area contributed by atoms with E-state index in [1.165, 1.54) is 0 Å². The lowest BCUT2D eigenvalue weighted by Crippen LogP contribution is -2.10. The molecule has 1 aromatic heterocycles. The van der Waals surface area contributed by atoms with Gasteiger partial charge in [0.25, 0.3) is 0 Å². The van der Waals surface area contributed by atoms with Crippen LogP contribution in [-0.2, 0) is 11.2 Å². The second kappa shape index (κ2) is 7.31. The second-order valence-electron chi connectivity index (χ2n) is 5.32. The van der Waals surface area contributed by atoms with Gasteiger partial charge in [0.05, 0.1) is 12.1 Å². The number of hydrogen-bond donors (Lipinski definition) is 1. The number of rotatable bonds is 8. The Bertz CT molecular complexity index is 371. The lowest BCUT2D eigenvalue weighted by atomic mass is 9.99. The number of hydrogen-bond acceptors (Lipinski definition) is 3. The van der Waals surface area contributed by atoms with Crippen LogP contribution in [0.2, 0.25) is 0 Å². The van der Waals surface area contributed by atoms with Crippen LogP contribution in [0.25, 0.3) is 0 Å². The van der Waals surface area contributed by atoms with Crippen molar-refractivity contribution in [1.29, 1.82) is 0 Å². The van der Waals surface area contributed by atoms with E-state index >= 15 is 0 Å². The van der Waals surface area contributed by atoms with Gasteiger partial charge in [-0.2, -0.15) is 5.10 Å². The van der Waals surface area contributed by atoms with Crippen molar-refractivity contribution in [2.24, 2.45) is 11.7 Å². The van der Waals surface area contributed by atoms with Gasteiger partial charge in [0, 0.05) is 18.7 Å². The highest BCUT2D eigenvalue weighted by Gasteiger charge is 2.10. The van der Waals surface area contributed by atoms with Crippen LogP contribution in [0.4, 0.5) is 0 Å². The average Bonchev–Trinajstić information content (AvgIpc) is 2.75. The van der Waals surface area contributed by atoms with Crippen molar-refractivity contribution in [3.63, 3.8) is 0 Å². The summed E-state index contributed by atoms with van der Waals surface area (Å²) in [6, 6.07) is 2.28. The normalized spacial score (nSPS) is 12.9. The van der Waals surface area contributed by atoms with E-state index in [1.54, 1.807) is 0 Å². The molecule has 0 aliphatic heterocycles. The minimum Gasteiger partial charge on any atom is -0.330 e. The molecule has 4 nitrogen and oxygen atoms in total. The molecule has 18 heavy (non-hydrogen) atoms. The minimum atomic E-state index is 0.271. The molecular weight excluding hydrogens is 226 g/mol. The third-order valence-corrected chi connectivity index (χ3v) is 3.15. The first kappa shape index (κ1) is 14.9. The topological polar surface area (TPSA) is 60.9 Å². The molecule has 1 aromatic rings. The van der Waals surface area contributed by atoms with Crippen LogP contribution in [-0.4, -0.2) is 22.1 Å². The third-order valence-electron chi connectivity index (χ3n) is 3.15. The Hall–Kier alpha value is -1.16. The van der Waals surface area contributed by atoms with Crippen LogP contribution >= 0.6 is 0 Å². The summed E-state index contributed by atoms with van der Waals surface area (Å²) in [4.78, 5) is 11.8. The molecular formula is C14H25N3O. The quantitative estimate of drug-likeness (QED) is 0.771. The molecule has 4 heteroatoms. The highest BCUT2D eigenvalue weighted by atomic mass is 16.1. The van der Waals surface area contributed by atoms with Crippen molar-refractivity contribution in [3.8, 4) is 0 Å². The predicted molar refractivity (Wildman–Crippen MR) is 73.4 cm³/mol. The van der Waals surface area contributed by atoms with Gasteiger partial charge in [-0.3, -0.25) is 9.48 Å². The van der Waals surface area contributed by atoms with Gasteiger partial charge in [-0.15, -0.1) is 0 Å². The minimum absolute atomic E-state index is 0.271. The maximum atomic E-state index is 11.8. The molecule has 1 unspecified atom stereocenters. The summed E-state index contributed by atoms with van der Waals surface area (Å²) in [6.45, 7) is 7.00. The van der Waals surface area contributed by atoms with Crippen LogP contribution in [0.15, 0.2) is 12.3 Å². The fourth-order valence-electron chi connectivity index (χ4n) is 1.89. The van der Waals surface area contributed by atoms with Gasteiger partial charge >= 0.3 is 0 Å². The van der Waals surface area contributed by atoms with Gasteiger partial charge in [-0.1, -0.05) is 6.92 Å². The number of Topliss-reactive ketones (excluding diaryl/α,β-unsaturated/α-hetero) is 1. The summed E-state index contributed by atoms with van der Waals surface area (Å²) in [6.07, 6.45) is 4.95. The van der Waals surface area contributed by atoms with Crippen molar-refractivity contribution in [1.82, 2.24) is 9.78 Å². The Labute approximate surface area is 110 Å². The van der Waals surface area contributed by atoms with E-state index in [0.29, 0.717) is 31.3 Å². The predicted octanol–water partition coefficient (Wildman–Crippen LogP) is 2.34. The third kappa shape index (κ3) is 5.00. The van der Waals surface area contributed by atoms with Crippen LogP contribution < -0.4 is 5.73 Å². The molecule has 1 atom stereocenters. The molecule has 0 aliphatic rings. The van der Waals surface area contributed by atoms with E-state index in [1.807, 2.05) is 16.9 Å². The van der Waals surface area contributed by atoms with E-state index in [-0.39, 0.29) is 5.78 Å². The zero-order chi connectivity index (χ0) is 13.5. The number of carbonyl (C=O) groups is 1. The van der Waals surface area contributed by atoms with E-state index in [9.17, 15) is 4.79 Å². The van der Waals surface area contributed by atoms with Crippen molar-refractivity contribution < 1.29 is 4.79 Å². The first-order valence-corrected chi connectivity index (χ1v) is 6.78. The lowest BCUT2D eigenvalue weighted by Gasteiger charge is -2.08. The van der Waals surface area contributed by atoms with Gasteiger partial charge in [0.2, 0.25) is 0 Å². The highest BCUT2D eigenvalue weighted by molar-refractivity contribution is 5.80. The van der Waals surface area contributed by atoms with Gasteiger partial charge in [0.1, 0.15) is 5.78 Å². The summed E-state index contributed by atoms with van der Waals surface area (Å²) in [5, 5.41) is 4.39. The molecule has 0 aromatic carbocycles. The van der Waals surface area contributed by atoms with Gasteiger partial charge in [0.15, 0.2) is 0 Å². The van der Waals surface area contributed by atoms with E-state index in [0.717, 1.165) is 18.5 Å². The molecule has 0 aliphatic carbocycles. The van der Waals surface area contributed by atoms with Crippen LogP contribution in [0.5, 0.6) is 0 Å². The molecule has 2 N–H and O–H groups in total. The number of nitrogens with zero attached hydrogens (tertiary/aromatic N) is 2. The summed E-state index contributed by atoms with van der Waals surface area (Å²) in [5.41, 5.74) is 6.37. The fraction of sp³-hybridized carbons (Fsp3) is 0.714. The van der Waals surface area contributed by atoms with Crippen molar-refractivity contribution in [3.05, 3.63) is 18.0 Å². The molecule has 1 heterocycles. The monoisotopic (exact) mass is 251 g/mol. The number of ketones is 1. The van der Waals surface area contributed by atoms with Crippen LogP contribution in [0.1, 0.15) is 51.8 Å². The van der Waals surface area contributed by atoms with Gasteiger partial charge in [-0.05, 0) is 45.2 Å². The Morgan fingerprint density at radius 1 is 1.39 bits per heavy atom. The van der Waals surface area contributed by atoms with Gasteiger partial charge < -0.3 is 5.73 Å². The Balaban J connectivity index is 2.35. The molecule has 0 saturated carbocycles. The maximum absolute atomic E-state index is 11.8. The summed E-state index contributed by atoms with van der Waals surface area (Å²) < 4.78 is 1.89. The number of nitrogens with two attached hydrogens (primary N) is 1. The molecule has 0 fully saturated rings. The van der Waals surface area contributed by atoms with E-state index in [4.69, 9.17) is 5.73 Å². The molecule has 102 valence electrons. The van der Waals surface area contributed by atoms with E-state index < -0.39 is 0 Å². The number of aromatic nitrogens is 2. The number of carbonyl (C=O) groups excluding carboxylic acids is 1. The SMILES string of the molecule is CC(CCN)CCC(=O)Cc1ccn(C(C)C)n1. The Morgan fingerprint density at radius 2 is 2.11 bits per heavy atom.